The first-order valence-electron chi connectivity index (χ1n) is 15.6. The van der Waals surface area contributed by atoms with Crippen LogP contribution in [0.5, 0.6) is 0 Å². The van der Waals surface area contributed by atoms with Crippen LogP contribution < -0.4 is 0 Å². The van der Waals surface area contributed by atoms with Gasteiger partial charge >= 0.3 is 17.9 Å². The normalized spacial score (nSPS) is 12.7. The summed E-state index contributed by atoms with van der Waals surface area (Å²) < 4.78 is 16.0. The van der Waals surface area contributed by atoms with Crippen LogP contribution in [0.4, 0.5) is 0 Å². The second-order valence-corrected chi connectivity index (χ2v) is 10.6. The summed E-state index contributed by atoms with van der Waals surface area (Å²) in [6.07, 6.45) is 27.9. The predicted molar refractivity (Wildman–Crippen MR) is 176 cm³/mol. The molecule has 0 aliphatic rings. The Bertz CT molecular complexity index is 1050. The lowest BCUT2D eigenvalue weighted by Crippen LogP contribution is -2.21. The molecular weight excluding hydrogens is 540 g/mol. The maximum Gasteiger partial charge on any atom is 0.307 e. The van der Waals surface area contributed by atoms with E-state index >= 15 is 0 Å². The van der Waals surface area contributed by atoms with Crippen LogP contribution in [0.3, 0.4) is 0 Å². The monoisotopic (exact) mass is 594 g/mol. The Morgan fingerprint density at radius 1 is 0.767 bits per heavy atom. The Morgan fingerprint density at radius 3 is 2.07 bits per heavy atom. The van der Waals surface area contributed by atoms with Gasteiger partial charge in [-0.1, -0.05) is 86.1 Å². The molecule has 0 fully saturated rings. The van der Waals surface area contributed by atoms with Gasteiger partial charge in [-0.2, -0.15) is 0 Å². The summed E-state index contributed by atoms with van der Waals surface area (Å²) in [4.78, 5) is 35.5. The maximum absolute atomic E-state index is 12.3. The molecule has 0 N–H and O–H groups in total. The van der Waals surface area contributed by atoms with Crippen LogP contribution in [-0.4, -0.2) is 30.6 Å². The Balaban J connectivity index is 4.55. The summed E-state index contributed by atoms with van der Waals surface area (Å²) in [7, 11) is 0. The summed E-state index contributed by atoms with van der Waals surface area (Å²) >= 11 is 0. The van der Waals surface area contributed by atoms with E-state index < -0.39 is 18.0 Å². The molecule has 238 valence electrons. The number of unbranched alkanes of at least 4 members (excludes halogenated alkanes) is 5. The molecule has 6 nitrogen and oxygen atoms in total. The van der Waals surface area contributed by atoms with Crippen molar-refractivity contribution in [2.75, 3.05) is 6.61 Å². The van der Waals surface area contributed by atoms with Gasteiger partial charge in [-0.25, -0.2) is 0 Å². The van der Waals surface area contributed by atoms with Gasteiger partial charge in [0.1, 0.15) is 6.10 Å². The van der Waals surface area contributed by atoms with Gasteiger partial charge in [-0.05, 0) is 70.9 Å². The zero-order valence-corrected chi connectivity index (χ0v) is 27.4. The number of carbonyl (C=O) groups excluding carboxylic acids is 3. The molecule has 0 aromatic carbocycles. The van der Waals surface area contributed by atoms with E-state index in [0.717, 1.165) is 68.9 Å². The molecule has 43 heavy (non-hydrogen) atoms. The van der Waals surface area contributed by atoms with Crippen LogP contribution in [0.1, 0.15) is 119 Å². The van der Waals surface area contributed by atoms with E-state index in [1.807, 2.05) is 32.9 Å². The van der Waals surface area contributed by atoms with Crippen LogP contribution in [0.25, 0.3) is 0 Å². The Hall–Kier alpha value is -3.59. The molecule has 0 aliphatic carbocycles. The van der Waals surface area contributed by atoms with Crippen molar-refractivity contribution in [2.45, 2.75) is 125 Å². The number of allylic oxidation sites excluding steroid dienone is 9. The first-order valence-corrected chi connectivity index (χ1v) is 15.6. The molecule has 1 atom stereocenters. The van der Waals surface area contributed by atoms with E-state index in [-0.39, 0.29) is 19.0 Å². The molecule has 0 radical (unpaired) electrons. The number of rotatable bonds is 21. The highest BCUT2D eigenvalue weighted by Gasteiger charge is 2.18. The fourth-order valence-electron chi connectivity index (χ4n) is 3.80. The Kier molecular flexibility index (Phi) is 25.0. The average Bonchev–Trinajstić information content (AvgIpc) is 2.94. The van der Waals surface area contributed by atoms with Crippen molar-refractivity contribution >= 4 is 17.9 Å². The Labute approximate surface area is 261 Å². The lowest BCUT2D eigenvalue weighted by molar-refractivity contribution is -0.146. The highest BCUT2D eigenvalue weighted by molar-refractivity contribution is 5.69. The highest BCUT2D eigenvalue weighted by Crippen LogP contribution is 2.18. The van der Waals surface area contributed by atoms with Crippen LogP contribution in [0.15, 0.2) is 71.6 Å². The molecule has 0 bridgehead atoms. The minimum atomic E-state index is -0.671. The molecule has 1 unspecified atom stereocenters. The standard InChI is InChI=1S/C37H54O6/c1-7-8-9-10-11-12-13-14-15-16-17-18-19-20-21-25-37(40)41-29-28-35(30-42-33(5)38)36(43-34(6)39)27-26-32(4)24-22-23-31(2)3/h8-9,11-12,14-15,23,26,30,36H,7,10,13,16-21,25,27-29H2,1-6H3/b9-8+,12-11+,15-14+,32-26+,35-30-. The van der Waals surface area contributed by atoms with Gasteiger partial charge in [-0.15, -0.1) is 0 Å². The first-order chi connectivity index (χ1) is 20.6. The number of carbonyl (C=O) groups is 3. The smallest absolute Gasteiger partial charge is 0.307 e. The zero-order chi connectivity index (χ0) is 32.1. The van der Waals surface area contributed by atoms with Crippen LogP contribution in [0.2, 0.25) is 0 Å². The maximum atomic E-state index is 12.3. The molecule has 0 aromatic heterocycles. The van der Waals surface area contributed by atoms with Gasteiger partial charge in [0.2, 0.25) is 0 Å². The largest absolute Gasteiger partial charge is 0.465 e. The number of hydrogen-bond donors (Lipinski definition) is 0. The second-order valence-electron chi connectivity index (χ2n) is 10.6. The minimum absolute atomic E-state index is 0.101. The van der Waals surface area contributed by atoms with Crippen molar-refractivity contribution in [1.82, 2.24) is 0 Å². The summed E-state index contributed by atoms with van der Waals surface area (Å²) in [6, 6.07) is 0. The lowest BCUT2D eigenvalue weighted by atomic mass is 10.0. The van der Waals surface area contributed by atoms with Crippen molar-refractivity contribution in [1.29, 1.82) is 0 Å². The van der Waals surface area contributed by atoms with E-state index in [4.69, 9.17) is 14.2 Å². The van der Waals surface area contributed by atoms with Gasteiger partial charge in [0.05, 0.1) is 12.9 Å². The Morgan fingerprint density at radius 2 is 1.42 bits per heavy atom. The summed E-state index contributed by atoms with van der Waals surface area (Å²) in [6.45, 7) is 10.7. The summed E-state index contributed by atoms with van der Waals surface area (Å²) in [5.41, 5.74) is 2.48. The van der Waals surface area contributed by atoms with Crippen LogP contribution in [-0.2, 0) is 28.6 Å². The molecule has 0 heterocycles. The average molecular weight is 595 g/mol. The SMILES string of the molecule is CC/C=C/C/C=C/C/C=C/CCCCCCCC(=O)OCC/C(=C/OC(C)=O)C(C/C=C(\C)C#CC=C(C)C)OC(C)=O. The highest BCUT2D eigenvalue weighted by atomic mass is 16.6. The second kappa shape index (κ2) is 27.3. The molecule has 0 amide bonds. The number of ether oxygens (including phenoxy) is 3. The van der Waals surface area contributed by atoms with Gasteiger partial charge in [-0.3, -0.25) is 14.4 Å². The molecule has 0 saturated heterocycles. The van der Waals surface area contributed by atoms with Crippen molar-refractivity contribution in [2.24, 2.45) is 0 Å². The molecule has 0 aliphatic heterocycles. The van der Waals surface area contributed by atoms with Gasteiger partial charge in [0.15, 0.2) is 0 Å². The zero-order valence-electron chi connectivity index (χ0n) is 27.4. The van der Waals surface area contributed by atoms with E-state index in [0.29, 0.717) is 18.4 Å². The quantitative estimate of drug-likeness (QED) is 0.0329. The van der Waals surface area contributed by atoms with E-state index in [1.54, 1.807) is 0 Å². The van der Waals surface area contributed by atoms with E-state index in [2.05, 4.69) is 55.2 Å². The summed E-state index contributed by atoms with van der Waals surface area (Å²) in [5.74, 6) is 4.80. The van der Waals surface area contributed by atoms with E-state index in [9.17, 15) is 14.4 Å². The fraction of sp³-hybridized carbons (Fsp3) is 0.541. The van der Waals surface area contributed by atoms with Gasteiger partial charge in [0.25, 0.3) is 0 Å². The van der Waals surface area contributed by atoms with Crippen LogP contribution >= 0.6 is 0 Å². The number of hydrogen-bond acceptors (Lipinski definition) is 6. The topological polar surface area (TPSA) is 78.9 Å². The predicted octanol–water partition coefficient (Wildman–Crippen LogP) is 9.19. The fourth-order valence-corrected chi connectivity index (χ4v) is 3.80. The molecule has 0 rings (SSSR count). The van der Waals surface area contributed by atoms with E-state index in [1.165, 1.54) is 20.1 Å². The third kappa shape index (κ3) is 27.0. The lowest BCUT2D eigenvalue weighted by Gasteiger charge is -2.19. The van der Waals surface area contributed by atoms with Crippen molar-refractivity contribution in [3.05, 3.63) is 71.6 Å². The molecule has 0 aromatic rings. The van der Waals surface area contributed by atoms with Crippen LogP contribution in [0, 0.1) is 11.8 Å². The van der Waals surface area contributed by atoms with Gasteiger partial charge in [0, 0.05) is 38.7 Å². The molecular formula is C37H54O6. The molecule has 6 heteroatoms. The third-order valence-electron chi connectivity index (χ3n) is 6.05. The number of esters is 3. The van der Waals surface area contributed by atoms with Crippen molar-refractivity contribution < 1.29 is 28.6 Å². The van der Waals surface area contributed by atoms with Crippen molar-refractivity contribution in [3.8, 4) is 11.8 Å². The first kappa shape index (κ1) is 39.4. The van der Waals surface area contributed by atoms with Crippen molar-refractivity contribution in [3.63, 3.8) is 0 Å². The summed E-state index contributed by atoms with van der Waals surface area (Å²) in [5, 5.41) is 0. The third-order valence-corrected chi connectivity index (χ3v) is 6.05. The minimum Gasteiger partial charge on any atom is -0.465 e. The molecule has 0 saturated carbocycles. The molecule has 0 spiro atoms. The van der Waals surface area contributed by atoms with Gasteiger partial charge < -0.3 is 14.2 Å².